The van der Waals surface area contributed by atoms with E-state index >= 15 is 0 Å². The van der Waals surface area contributed by atoms with Crippen LogP contribution in [0.2, 0.25) is 0 Å². The van der Waals surface area contributed by atoms with Gasteiger partial charge in [0, 0.05) is 17.1 Å². The third kappa shape index (κ3) is 2.32. The van der Waals surface area contributed by atoms with Gasteiger partial charge in [-0.15, -0.1) is 0 Å². The molecule has 0 aliphatic carbocycles. The highest BCUT2D eigenvalue weighted by atomic mass is 79.9. The van der Waals surface area contributed by atoms with Crippen molar-refractivity contribution >= 4 is 38.8 Å². The van der Waals surface area contributed by atoms with E-state index in [-0.39, 0.29) is 5.91 Å². The SMILES string of the molecule is Cn1c(NC(=O)c2ccccc2)nc2cc(Br)ccc21. The van der Waals surface area contributed by atoms with E-state index in [9.17, 15) is 4.79 Å². The molecule has 3 aromatic rings. The van der Waals surface area contributed by atoms with Gasteiger partial charge in [-0.2, -0.15) is 0 Å². The summed E-state index contributed by atoms with van der Waals surface area (Å²) >= 11 is 3.42. The van der Waals surface area contributed by atoms with Crippen LogP contribution < -0.4 is 5.32 Å². The summed E-state index contributed by atoms with van der Waals surface area (Å²) in [5, 5.41) is 2.83. The first-order valence-electron chi connectivity index (χ1n) is 6.13. The topological polar surface area (TPSA) is 46.9 Å². The third-order valence-electron chi connectivity index (χ3n) is 3.10. The monoisotopic (exact) mass is 329 g/mol. The maximum atomic E-state index is 12.1. The summed E-state index contributed by atoms with van der Waals surface area (Å²) in [6.45, 7) is 0. The standard InChI is InChI=1S/C15H12BrN3O/c1-19-13-8-7-11(16)9-12(13)17-15(19)18-14(20)10-5-3-2-4-6-10/h2-9H,1H3,(H,17,18,20). The minimum Gasteiger partial charge on any atom is -0.313 e. The van der Waals surface area contributed by atoms with Crippen LogP contribution in [-0.2, 0) is 7.05 Å². The van der Waals surface area contributed by atoms with Gasteiger partial charge < -0.3 is 4.57 Å². The molecule has 1 aromatic heterocycles. The number of carbonyl (C=O) groups is 1. The van der Waals surface area contributed by atoms with Crippen molar-refractivity contribution in [2.45, 2.75) is 0 Å². The summed E-state index contributed by atoms with van der Waals surface area (Å²) in [7, 11) is 1.88. The smallest absolute Gasteiger partial charge is 0.257 e. The molecule has 0 saturated heterocycles. The van der Waals surface area contributed by atoms with Gasteiger partial charge in [-0.25, -0.2) is 4.98 Å². The lowest BCUT2D eigenvalue weighted by Crippen LogP contribution is -2.14. The van der Waals surface area contributed by atoms with E-state index in [2.05, 4.69) is 26.2 Å². The molecule has 2 aromatic carbocycles. The third-order valence-corrected chi connectivity index (χ3v) is 3.60. The van der Waals surface area contributed by atoms with E-state index in [0.717, 1.165) is 15.5 Å². The van der Waals surface area contributed by atoms with Crippen molar-refractivity contribution in [3.05, 3.63) is 58.6 Å². The van der Waals surface area contributed by atoms with Crippen molar-refractivity contribution < 1.29 is 4.79 Å². The number of fused-ring (bicyclic) bond motifs is 1. The molecule has 0 saturated carbocycles. The van der Waals surface area contributed by atoms with Crippen LogP contribution in [0.3, 0.4) is 0 Å². The second-order valence-electron chi connectivity index (χ2n) is 4.45. The molecule has 3 rings (SSSR count). The summed E-state index contributed by atoms with van der Waals surface area (Å²) in [6.07, 6.45) is 0. The van der Waals surface area contributed by atoms with Gasteiger partial charge in [0.25, 0.3) is 5.91 Å². The molecule has 0 bridgehead atoms. The van der Waals surface area contributed by atoms with Gasteiger partial charge >= 0.3 is 0 Å². The van der Waals surface area contributed by atoms with Crippen LogP contribution >= 0.6 is 15.9 Å². The second kappa shape index (κ2) is 5.09. The molecule has 0 unspecified atom stereocenters. The first kappa shape index (κ1) is 12.9. The van der Waals surface area contributed by atoms with Crippen molar-refractivity contribution in [1.29, 1.82) is 0 Å². The lowest BCUT2D eigenvalue weighted by Gasteiger charge is -2.04. The van der Waals surface area contributed by atoms with E-state index < -0.39 is 0 Å². The van der Waals surface area contributed by atoms with Gasteiger partial charge in [0.2, 0.25) is 5.95 Å². The fraction of sp³-hybridized carbons (Fsp3) is 0.0667. The molecule has 20 heavy (non-hydrogen) atoms. The predicted molar refractivity (Wildman–Crippen MR) is 82.8 cm³/mol. The Morgan fingerprint density at radius 3 is 2.70 bits per heavy atom. The number of rotatable bonds is 2. The molecule has 0 spiro atoms. The Kier molecular flexibility index (Phi) is 3.28. The molecule has 0 radical (unpaired) electrons. The average molecular weight is 330 g/mol. The number of halogens is 1. The number of benzene rings is 2. The summed E-state index contributed by atoms with van der Waals surface area (Å²) < 4.78 is 2.83. The second-order valence-corrected chi connectivity index (χ2v) is 5.36. The fourth-order valence-electron chi connectivity index (χ4n) is 2.05. The van der Waals surface area contributed by atoms with Gasteiger partial charge in [-0.05, 0) is 30.3 Å². The van der Waals surface area contributed by atoms with Crippen molar-refractivity contribution in [2.75, 3.05) is 5.32 Å². The van der Waals surface area contributed by atoms with Gasteiger partial charge in [0.15, 0.2) is 0 Å². The number of aromatic nitrogens is 2. The Bertz CT molecular complexity index is 780. The van der Waals surface area contributed by atoms with E-state index in [0.29, 0.717) is 11.5 Å². The highest BCUT2D eigenvalue weighted by Gasteiger charge is 2.12. The minimum atomic E-state index is -0.164. The summed E-state index contributed by atoms with van der Waals surface area (Å²) in [5.41, 5.74) is 2.42. The highest BCUT2D eigenvalue weighted by molar-refractivity contribution is 9.10. The fourth-order valence-corrected chi connectivity index (χ4v) is 2.40. The molecule has 0 aliphatic rings. The Hall–Kier alpha value is -2.14. The van der Waals surface area contributed by atoms with E-state index in [1.54, 1.807) is 12.1 Å². The van der Waals surface area contributed by atoms with Crippen molar-refractivity contribution in [3.63, 3.8) is 0 Å². The van der Waals surface area contributed by atoms with Gasteiger partial charge in [0.05, 0.1) is 11.0 Å². The zero-order valence-corrected chi connectivity index (χ0v) is 12.4. The number of carbonyl (C=O) groups excluding carboxylic acids is 1. The first-order chi connectivity index (χ1) is 9.65. The van der Waals surface area contributed by atoms with Crippen LogP contribution in [0.15, 0.2) is 53.0 Å². The zero-order chi connectivity index (χ0) is 14.1. The maximum absolute atomic E-state index is 12.1. The van der Waals surface area contributed by atoms with Crippen molar-refractivity contribution in [2.24, 2.45) is 7.05 Å². The van der Waals surface area contributed by atoms with Crippen LogP contribution in [-0.4, -0.2) is 15.5 Å². The molecule has 0 fully saturated rings. The molecule has 0 atom stereocenters. The molecule has 4 nitrogen and oxygen atoms in total. The van der Waals surface area contributed by atoms with Crippen LogP contribution in [0.25, 0.3) is 11.0 Å². The lowest BCUT2D eigenvalue weighted by molar-refractivity contribution is 0.102. The van der Waals surface area contributed by atoms with Crippen LogP contribution in [0, 0.1) is 0 Å². The minimum absolute atomic E-state index is 0.164. The normalized spacial score (nSPS) is 10.7. The van der Waals surface area contributed by atoms with E-state index in [1.165, 1.54) is 0 Å². The van der Waals surface area contributed by atoms with Gasteiger partial charge in [-0.3, -0.25) is 10.1 Å². The number of anilines is 1. The van der Waals surface area contributed by atoms with Gasteiger partial charge in [-0.1, -0.05) is 34.1 Å². The Morgan fingerprint density at radius 2 is 1.95 bits per heavy atom. The summed E-state index contributed by atoms with van der Waals surface area (Å²) in [5.74, 6) is 0.370. The Balaban J connectivity index is 1.95. The number of amides is 1. The number of hydrogen-bond acceptors (Lipinski definition) is 2. The molecule has 1 heterocycles. The van der Waals surface area contributed by atoms with Gasteiger partial charge in [0.1, 0.15) is 0 Å². The Morgan fingerprint density at radius 1 is 1.20 bits per heavy atom. The average Bonchev–Trinajstić information content (AvgIpc) is 2.75. The van der Waals surface area contributed by atoms with Crippen LogP contribution in [0.4, 0.5) is 5.95 Å². The number of hydrogen-bond donors (Lipinski definition) is 1. The number of nitrogens with one attached hydrogen (secondary N) is 1. The van der Waals surface area contributed by atoms with Crippen LogP contribution in [0.1, 0.15) is 10.4 Å². The largest absolute Gasteiger partial charge is 0.313 e. The molecule has 0 aliphatic heterocycles. The van der Waals surface area contributed by atoms with E-state index in [4.69, 9.17) is 0 Å². The zero-order valence-electron chi connectivity index (χ0n) is 10.8. The first-order valence-corrected chi connectivity index (χ1v) is 6.93. The number of imidazole rings is 1. The molecule has 1 N–H and O–H groups in total. The number of nitrogens with zero attached hydrogens (tertiary/aromatic N) is 2. The Labute approximate surface area is 124 Å². The molecule has 1 amide bonds. The lowest BCUT2D eigenvalue weighted by atomic mass is 10.2. The maximum Gasteiger partial charge on any atom is 0.257 e. The quantitative estimate of drug-likeness (QED) is 0.781. The predicted octanol–water partition coefficient (Wildman–Crippen LogP) is 3.59. The molecule has 5 heteroatoms. The summed E-state index contributed by atoms with van der Waals surface area (Å²) in [6, 6.07) is 14.9. The van der Waals surface area contributed by atoms with Crippen molar-refractivity contribution in [1.82, 2.24) is 9.55 Å². The highest BCUT2D eigenvalue weighted by Crippen LogP contribution is 2.22. The molecule has 100 valence electrons. The molecular formula is C15H12BrN3O. The van der Waals surface area contributed by atoms with Crippen molar-refractivity contribution in [3.8, 4) is 0 Å². The summed E-state index contributed by atoms with van der Waals surface area (Å²) in [4.78, 5) is 16.6. The number of aryl methyl sites for hydroxylation is 1. The molecular weight excluding hydrogens is 318 g/mol. The van der Waals surface area contributed by atoms with Crippen LogP contribution in [0.5, 0.6) is 0 Å². The van der Waals surface area contributed by atoms with E-state index in [1.807, 2.05) is 48.0 Å².